The number of rotatable bonds is 6. The zero-order valence-electron chi connectivity index (χ0n) is 17.4. The highest BCUT2D eigenvalue weighted by molar-refractivity contribution is 5.90. The van der Waals surface area contributed by atoms with Gasteiger partial charge in [-0.15, -0.1) is 0 Å². The van der Waals surface area contributed by atoms with Crippen LogP contribution in [0.2, 0.25) is 0 Å². The molecule has 1 amide bonds. The highest BCUT2D eigenvalue weighted by Gasteiger charge is 2.23. The first kappa shape index (κ1) is 20.2. The van der Waals surface area contributed by atoms with E-state index in [2.05, 4.69) is 17.4 Å². The Kier molecular flexibility index (Phi) is 5.88. The molecule has 3 aromatic rings. The first-order valence-electron chi connectivity index (χ1n) is 10.5. The fourth-order valence-corrected chi connectivity index (χ4v) is 3.88. The molecule has 0 saturated carbocycles. The molecular formula is C25H26FN3O. The van der Waals surface area contributed by atoms with Crippen LogP contribution < -0.4 is 5.32 Å². The number of nitrogens with zero attached hydrogens (tertiary/aromatic N) is 2. The molecular weight excluding hydrogens is 377 g/mol. The van der Waals surface area contributed by atoms with Crippen molar-refractivity contribution in [1.82, 2.24) is 9.97 Å². The molecule has 1 heterocycles. The summed E-state index contributed by atoms with van der Waals surface area (Å²) in [4.78, 5) is 22.2. The van der Waals surface area contributed by atoms with Crippen LogP contribution in [0.15, 0.2) is 48.5 Å². The van der Waals surface area contributed by atoms with Crippen LogP contribution in [0.25, 0.3) is 11.3 Å². The van der Waals surface area contributed by atoms with Gasteiger partial charge in [-0.1, -0.05) is 44.2 Å². The number of aryl methyl sites for hydroxylation is 4. The Bertz CT molecular complexity index is 1060. The van der Waals surface area contributed by atoms with Gasteiger partial charge in [-0.25, -0.2) is 14.4 Å². The summed E-state index contributed by atoms with van der Waals surface area (Å²) >= 11 is 0. The van der Waals surface area contributed by atoms with E-state index in [0.29, 0.717) is 25.1 Å². The molecule has 5 heteroatoms. The monoisotopic (exact) mass is 403 g/mol. The van der Waals surface area contributed by atoms with Crippen molar-refractivity contribution in [1.29, 1.82) is 0 Å². The Morgan fingerprint density at radius 3 is 2.63 bits per heavy atom. The number of hydrogen-bond acceptors (Lipinski definition) is 3. The average Bonchev–Trinajstić information content (AvgIpc) is 2.72. The Morgan fingerprint density at radius 2 is 1.87 bits per heavy atom. The summed E-state index contributed by atoms with van der Waals surface area (Å²) in [7, 11) is 0. The molecule has 0 fully saturated rings. The van der Waals surface area contributed by atoms with E-state index in [-0.39, 0.29) is 17.6 Å². The third-order valence-electron chi connectivity index (χ3n) is 5.34. The molecule has 4 nitrogen and oxygen atoms in total. The van der Waals surface area contributed by atoms with Crippen molar-refractivity contribution in [3.05, 3.63) is 76.9 Å². The molecule has 1 N–H and O–H groups in total. The standard InChI is InChI=1S/C25H26FN3O/c1-16(2)14-23(30)29-25-22(12-8-17-6-4-3-5-7-17)27-24-20-11-10-19(26)15-18(20)9-13-21(24)28-25/h3-7,10-11,15-16H,8-9,12-14H2,1-2H3,(H,28,29,30). The lowest BCUT2D eigenvalue weighted by molar-refractivity contribution is -0.116. The molecule has 30 heavy (non-hydrogen) atoms. The van der Waals surface area contributed by atoms with Crippen molar-refractivity contribution < 1.29 is 9.18 Å². The second-order valence-electron chi connectivity index (χ2n) is 8.25. The zero-order valence-corrected chi connectivity index (χ0v) is 17.4. The van der Waals surface area contributed by atoms with E-state index in [9.17, 15) is 9.18 Å². The van der Waals surface area contributed by atoms with E-state index in [1.54, 1.807) is 12.1 Å². The quantitative estimate of drug-likeness (QED) is 0.619. The molecule has 2 aromatic carbocycles. The summed E-state index contributed by atoms with van der Waals surface area (Å²) < 4.78 is 13.7. The molecule has 1 aromatic heterocycles. The van der Waals surface area contributed by atoms with Gasteiger partial charge in [-0.2, -0.15) is 0 Å². The highest BCUT2D eigenvalue weighted by atomic mass is 19.1. The molecule has 0 radical (unpaired) electrons. The maximum atomic E-state index is 13.7. The fraction of sp³-hybridized carbons (Fsp3) is 0.320. The third kappa shape index (κ3) is 4.56. The molecule has 0 aliphatic heterocycles. The van der Waals surface area contributed by atoms with Crippen molar-refractivity contribution in [2.75, 3.05) is 5.32 Å². The number of hydrogen-bond donors (Lipinski definition) is 1. The molecule has 0 unspecified atom stereocenters. The normalized spacial score (nSPS) is 12.4. The van der Waals surface area contributed by atoms with Gasteiger partial charge in [-0.05, 0) is 60.9 Å². The summed E-state index contributed by atoms with van der Waals surface area (Å²) in [5.41, 5.74) is 5.54. The lowest BCUT2D eigenvalue weighted by Gasteiger charge is -2.21. The number of amides is 1. The van der Waals surface area contributed by atoms with Gasteiger partial charge in [-0.3, -0.25) is 4.79 Å². The van der Waals surface area contributed by atoms with Gasteiger partial charge in [0, 0.05) is 12.0 Å². The minimum atomic E-state index is -0.230. The number of carbonyl (C=O) groups excluding carboxylic acids is 1. The Balaban J connectivity index is 1.70. The molecule has 154 valence electrons. The number of benzene rings is 2. The van der Waals surface area contributed by atoms with E-state index in [1.165, 1.54) is 11.6 Å². The van der Waals surface area contributed by atoms with Crippen LogP contribution in [-0.4, -0.2) is 15.9 Å². The predicted octanol–water partition coefficient (Wildman–Crippen LogP) is 5.15. The SMILES string of the molecule is CC(C)CC(=O)Nc1nc2c(nc1CCc1ccccc1)-c1ccc(F)cc1CC2. The predicted molar refractivity (Wildman–Crippen MR) is 117 cm³/mol. The van der Waals surface area contributed by atoms with Crippen molar-refractivity contribution >= 4 is 11.7 Å². The molecule has 1 aliphatic carbocycles. The minimum absolute atomic E-state index is 0.0431. The van der Waals surface area contributed by atoms with E-state index in [4.69, 9.17) is 9.97 Å². The van der Waals surface area contributed by atoms with Crippen molar-refractivity contribution in [3.8, 4) is 11.3 Å². The van der Waals surface area contributed by atoms with Crippen LogP contribution in [0.3, 0.4) is 0 Å². The van der Waals surface area contributed by atoms with E-state index in [0.717, 1.165) is 41.1 Å². The molecule has 0 bridgehead atoms. The number of fused-ring (bicyclic) bond motifs is 3. The second-order valence-corrected chi connectivity index (χ2v) is 8.25. The number of carbonyl (C=O) groups is 1. The van der Waals surface area contributed by atoms with Crippen molar-refractivity contribution in [2.45, 2.75) is 46.0 Å². The highest BCUT2D eigenvalue weighted by Crippen LogP contribution is 2.33. The number of aromatic nitrogens is 2. The summed E-state index contributed by atoms with van der Waals surface area (Å²) in [6.07, 6.45) is 3.32. The lowest BCUT2D eigenvalue weighted by atomic mass is 9.91. The third-order valence-corrected chi connectivity index (χ3v) is 5.34. The topological polar surface area (TPSA) is 54.9 Å². The minimum Gasteiger partial charge on any atom is -0.309 e. The van der Waals surface area contributed by atoms with Gasteiger partial charge in [0.25, 0.3) is 0 Å². The molecule has 1 aliphatic rings. The summed E-state index contributed by atoms with van der Waals surface area (Å²) in [6.45, 7) is 4.04. The van der Waals surface area contributed by atoms with Crippen LogP contribution in [-0.2, 0) is 30.5 Å². The van der Waals surface area contributed by atoms with Gasteiger partial charge in [0.2, 0.25) is 5.91 Å². The smallest absolute Gasteiger partial charge is 0.225 e. The number of halogens is 1. The van der Waals surface area contributed by atoms with Gasteiger partial charge in [0.05, 0.1) is 17.1 Å². The lowest BCUT2D eigenvalue weighted by Crippen LogP contribution is -2.19. The number of anilines is 1. The summed E-state index contributed by atoms with van der Waals surface area (Å²) in [5, 5.41) is 2.99. The van der Waals surface area contributed by atoms with E-state index < -0.39 is 0 Å². The maximum Gasteiger partial charge on any atom is 0.225 e. The van der Waals surface area contributed by atoms with Crippen LogP contribution in [0.1, 0.15) is 42.8 Å². The molecule has 4 rings (SSSR count). The Morgan fingerprint density at radius 1 is 1.07 bits per heavy atom. The summed E-state index contributed by atoms with van der Waals surface area (Å²) in [5.74, 6) is 0.552. The number of nitrogens with one attached hydrogen (secondary N) is 1. The summed E-state index contributed by atoms with van der Waals surface area (Å²) in [6, 6.07) is 15.0. The van der Waals surface area contributed by atoms with Crippen LogP contribution in [0, 0.1) is 11.7 Å². The van der Waals surface area contributed by atoms with E-state index in [1.807, 2.05) is 32.0 Å². The average molecular weight is 404 g/mol. The maximum absolute atomic E-state index is 13.7. The van der Waals surface area contributed by atoms with Crippen molar-refractivity contribution in [2.24, 2.45) is 5.92 Å². The second kappa shape index (κ2) is 8.74. The Hall–Kier alpha value is -3.08. The van der Waals surface area contributed by atoms with Crippen LogP contribution >= 0.6 is 0 Å². The molecule has 0 saturated heterocycles. The molecule has 0 spiro atoms. The van der Waals surface area contributed by atoms with E-state index >= 15 is 0 Å². The fourth-order valence-electron chi connectivity index (χ4n) is 3.88. The van der Waals surface area contributed by atoms with Gasteiger partial charge >= 0.3 is 0 Å². The first-order chi connectivity index (χ1) is 14.5. The zero-order chi connectivity index (χ0) is 21.1. The first-order valence-corrected chi connectivity index (χ1v) is 10.5. The Labute approximate surface area is 176 Å². The van der Waals surface area contributed by atoms with Crippen molar-refractivity contribution in [3.63, 3.8) is 0 Å². The molecule has 0 atom stereocenters. The van der Waals surface area contributed by atoms with Crippen LogP contribution in [0.4, 0.5) is 10.2 Å². The largest absolute Gasteiger partial charge is 0.309 e. The van der Waals surface area contributed by atoms with Gasteiger partial charge in [0.1, 0.15) is 5.82 Å². The van der Waals surface area contributed by atoms with Gasteiger partial charge < -0.3 is 5.32 Å². The van der Waals surface area contributed by atoms with Crippen LogP contribution in [0.5, 0.6) is 0 Å². The van der Waals surface area contributed by atoms with Gasteiger partial charge in [0.15, 0.2) is 5.82 Å².